The fourth-order valence-corrected chi connectivity index (χ4v) is 3.16. The topological polar surface area (TPSA) is 60.4 Å². The Morgan fingerprint density at radius 1 is 1.45 bits per heavy atom. The first-order valence-corrected chi connectivity index (χ1v) is 8.40. The molecular weight excluding hydrogens is 312 g/mol. The molecule has 0 spiro atoms. The maximum absolute atomic E-state index is 13.7. The van der Waals surface area contributed by atoms with Gasteiger partial charge in [-0.15, -0.1) is 0 Å². The smallest absolute Gasteiger partial charge is 0.324 e. The van der Waals surface area contributed by atoms with Crippen LogP contribution in [0.5, 0.6) is 0 Å². The third-order valence-corrected chi connectivity index (χ3v) is 4.71. The summed E-state index contributed by atoms with van der Waals surface area (Å²) in [4.78, 5) is 25.4. The molecule has 0 bridgehead atoms. The highest BCUT2D eigenvalue weighted by atomic mass is 32.2. The Hall–Kier alpha value is -1.47. The van der Waals surface area contributed by atoms with E-state index in [1.165, 1.54) is 20.1 Å². The number of benzene rings is 1. The van der Waals surface area contributed by atoms with E-state index in [4.69, 9.17) is 0 Å². The molecule has 1 aliphatic rings. The molecule has 1 aliphatic heterocycles. The average molecular weight is 329 g/mol. The van der Waals surface area contributed by atoms with E-state index in [-0.39, 0.29) is 12.3 Å². The maximum atomic E-state index is 13.7. The number of alkyl halides is 2. The number of rotatable bonds is 4. The van der Waals surface area contributed by atoms with Gasteiger partial charge in [0.1, 0.15) is 12.3 Å². The minimum atomic E-state index is -3.49. The molecule has 2 rings (SSSR count). The number of hydrogen-bond donors (Lipinski definition) is 0. The molecule has 0 N–H and O–H groups in total. The number of hydrogen-bond acceptors (Lipinski definition) is 3. The Bertz CT molecular complexity index is 619. The monoisotopic (exact) mass is 329 g/mol. The van der Waals surface area contributed by atoms with Gasteiger partial charge in [-0.2, -0.15) is 8.78 Å². The predicted molar refractivity (Wildman–Crippen MR) is 78.0 cm³/mol. The predicted octanol–water partition coefficient (Wildman–Crippen LogP) is 2.44. The van der Waals surface area contributed by atoms with Gasteiger partial charge in [-0.1, -0.05) is 13.0 Å². The zero-order valence-electron chi connectivity index (χ0n) is 12.6. The van der Waals surface area contributed by atoms with Crippen LogP contribution in [0.25, 0.3) is 0 Å². The van der Waals surface area contributed by atoms with E-state index in [0.717, 1.165) is 4.90 Å². The summed E-state index contributed by atoms with van der Waals surface area (Å²) in [5, 5.41) is 0. The third-order valence-electron chi connectivity index (χ3n) is 3.80. The minimum Gasteiger partial charge on any atom is -0.612 e. The Balaban J connectivity index is 2.43. The molecule has 0 saturated carbocycles. The van der Waals surface area contributed by atoms with Crippen molar-refractivity contribution >= 4 is 22.9 Å². The van der Waals surface area contributed by atoms with Crippen LogP contribution in [0.1, 0.15) is 37.4 Å². The number of Topliss-reactive ketones (excluding diaryl/α,β-unsaturated/α-hetero) is 1. The molecular formula is C15H17F2NO3S. The lowest BCUT2D eigenvalue weighted by Crippen LogP contribution is -2.43. The second kappa shape index (κ2) is 5.96. The number of carbonyl (C=O) groups excluding carboxylic acids is 2. The van der Waals surface area contributed by atoms with E-state index in [1.807, 2.05) is 0 Å². The molecule has 2 atom stereocenters. The van der Waals surface area contributed by atoms with Gasteiger partial charge < -0.3 is 9.45 Å². The van der Waals surface area contributed by atoms with E-state index < -0.39 is 35.5 Å². The maximum Gasteiger partial charge on any atom is 0.324 e. The lowest BCUT2D eigenvalue weighted by atomic mass is 10.0. The van der Waals surface area contributed by atoms with E-state index in [2.05, 4.69) is 0 Å². The normalized spacial score (nSPS) is 19.0. The standard InChI is InChI=1S/C15H17F2NO3S/c1-4-15(16,17)14(20)18-8-10-7-11(22(3)21)5-6-12(10)13(18)9(2)19/h5-7,13H,4,8H2,1-3H3. The third kappa shape index (κ3) is 2.87. The van der Waals surface area contributed by atoms with Crippen molar-refractivity contribution in [1.29, 1.82) is 0 Å². The van der Waals surface area contributed by atoms with Gasteiger partial charge >= 0.3 is 5.92 Å². The molecule has 0 aromatic heterocycles. The summed E-state index contributed by atoms with van der Waals surface area (Å²) >= 11 is -1.22. The molecule has 0 aliphatic carbocycles. The first-order valence-electron chi connectivity index (χ1n) is 6.84. The molecule has 0 radical (unpaired) electrons. The summed E-state index contributed by atoms with van der Waals surface area (Å²) in [6, 6.07) is 3.80. The van der Waals surface area contributed by atoms with Crippen molar-refractivity contribution in [2.45, 2.75) is 43.7 Å². The second-order valence-corrected chi connectivity index (χ2v) is 6.70. The van der Waals surface area contributed by atoms with E-state index in [1.54, 1.807) is 18.2 Å². The minimum absolute atomic E-state index is 0.0704. The van der Waals surface area contributed by atoms with Crippen LogP contribution < -0.4 is 0 Å². The highest BCUT2D eigenvalue weighted by molar-refractivity contribution is 7.90. The van der Waals surface area contributed by atoms with Crippen molar-refractivity contribution in [2.75, 3.05) is 6.26 Å². The van der Waals surface area contributed by atoms with Crippen molar-refractivity contribution in [3.05, 3.63) is 29.3 Å². The van der Waals surface area contributed by atoms with Crippen molar-refractivity contribution in [1.82, 2.24) is 4.90 Å². The van der Waals surface area contributed by atoms with Crippen LogP contribution in [-0.4, -0.2) is 33.3 Å². The number of ketones is 1. The highest BCUT2D eigenvalue weighted by Crippen LogP contribution is 2.38. The van der Waals surface area contributed by atoms with E-state index >= 15 is 0 Å². The first kappa shape index (κ1) is 16.9. The SMILES string of the molecule is CCC(F)(F)C(=O)N1Cc2cc([S+](C)[O-])ccc2C1C(C)=O. The number of nitrogens with zero attached hydrogens (tertiary/aromatic N) is 1. The molecule has 0 saturated heterocycles. The van der Waals surface area contributed by atoms with Crippen molar-refractivity contribution in [2.24, 2.45) is 0 Å². The number of fused-ring (bicyclic) bond motifs is 1. The zero-order chi connectivity index (χ0) is 16.7. The van der Waals surface area contributed by atoms with Crippen molar-refractivity contribution in [3.63, 3.8) is 0 Å². The van der Waals surface area contributed by atoms with Crippen LogP contribution in [0, 0.1) is 0 Å². The summed E-state index contributed by atoms with van der Waals surface area (Å²) in [5.74, 6) is -5.21. The number of amides is 1. The fraction of sp³-hybridized carbons (Fsp3) is 0.467. The summed E-state index contributed by atoms with van der Waals surface area (Å²) in [7, 11) is 0. The lowest BCUT2D eigenvalue weighted by molar-refractivity contribution is -0.162. The van der Waals surface area contributed by atoms with Crippen molar-refractivity contribution < 1.29 is 22.9 Å². The molecule has 120 valence electrons. The summed E-state index contributed by atoms with van der Waals surface area (Å²) in [6.45, 7) is 2.43. The van der Waals surface area contributed by atoms with Crippen LogP contribution >= 0.6 is 0 Å². The van der Waals surface area contributed by atoms with Gasteiger partial charge in [0.05, 0.1) is 0 Å². The fourth-order valence-electron chi connectivity index (χ4n) is 2.60. The summed E-state index contributed by atoms with van der Waals surface area (Å²) in [5.41, 5.74) is 1.12. The van der Waals surface area contributed by atoms with Gasteiger partial charge in [0.2, 0.25) is 0 Å². The zero-order valence-corrected chi connectivity index (χ0v) is 13.4. The quantitative estimate of drug-likeness (QED) is 0.797. The average Bonchev–Trinajstić information content (AvgIpc) is 2.84. The number of carbonyl (C=O) groups is 2. The van der Waals surface area contributed by atoms with Crippen LogP contribution in [0.3, 0.4) is 0 Å². The molecule has 7 heteroatoms. The van der Waals surface area contributed by atoms with Crippen LogP contribution in [0.4, 0.5) is 8.78 Å². The van der Waals surface area contributed by atoms with Gasteiger partial charge in [0.25, 0.3) is 5.91 Å². The molecule has 1 aromatic carbocycles. The second-order valence-electron chi connectivity index (χ2n) is 5.32. The van der Waals surface area contributed by atoms with Crippen LogP contribution in [0.15, 0.2) is 23.1 Å². The van der Waals surface area contributed by atoms with Gasteiger partial charge in [0.15, 0.2) is 10.7 Å². The molecule has 1 amide bonds. The molecule has 0 fully saturated rings. The summed E-state index contributed by atoms with van der Waals surface area (Å²) < 4.78 is 39.0. The van der Waals surface area contributed by atoms with Gasteiger partial charge in [-0.05, 0) is 41.4 Å². The van der Waals surface area contributed by atoms with Gasteiger partial charge in [-0.25, -0.2) is 0 Å². The highest BCUT2D eigenvalue weighted by Gasteiger charge is 2.47. The van der Waals surface area contributed by atoms with Gasteiger partial charge in [0, 0.05) is 13.0 Å². The Kier molecular flexibility index (Phi) is 4.58. The Morgan fingerprint density at radius 2 is 2.09 bits per heavy atom. The molecule has 4 nitrogen and oxygen atoms in total. The van der Waals surface area contributed by atoms with Gasteiger partial charge in [-0.3, -0.25) is 9.59 Å². The van der Waals surface area contributed by atoms with Crippen LogP contribution in [-0.2, 0) is 27.3 Å². The van der Waals surface area contributed by atoms with E-state index in [0.29, 0.717) is 16.0 Å². The number of halogens is 2. The first-order chi connectivity index (χ1) is 10.2. The molecule has 1 aromatic rings. The summed E-state index contributed by atoms with van der Waals surface area (Å²) in [6.07, 6.45) is 0.890. The Morgan fingerprint density at radius 3 is 2.59 bits per heavy atom. The van der Waals surface area contributed by atoms with Crippen LogP contribution in [0.2, 0.25) is 0 Å². The van der Waals surface area contributed by atoms with Crippen molar-refractivity contribution in [3.8, 4) is 0 Å². The largest absolute Gasteiger partial charge is 0.612 e. The molecule has 1 heterocycles. The lowest BCUT2D eigenvalue weighted by Gasteiger charge is -2.26. The molecule has 2 unspecified atom stereocenters. The van der Waals surface area contributed by atoms with E-state index in [9.17, 15) is 22.9 Å². The Labute approximate surface area is 130 Å². The molecule has 22 heavy (non-hydrogen) atoms.